The van der Waals surface area contributed by atoms with E-state index in [9.17, 15) is 9.59 Å². The lowest BCUT2D eigenvalue weighted by molar-refractivity contribution is -0.148. The van der Waals surface area contributed by atoms with Gasteiger partial charge in [0.25, 0.3) is 5.91 Å². The van der Waals surface area contributed by atoms with E-state index in [1.807, 2.05) is 6.07 Å². The third-order valence-corrected chi connectivity index (χ3v) is 3.54. The van der Waals surface area contributed by atoms with E-state index in [0.717, 1.165) is 0 Å². The zero-order chi connectivity index (χ0) is 18.9. The Bertz CT molecular complexity index is 786. The Balaban J connectivity index is 1.95. The summed E-state index contributed by atoms with van der Waals surface area (Å²) < 4.78 is 15.5. The minimum absolute atomic E-state index is 0.403. The summed E-state index contributed by atoms with van der Waals surface area (Å²) >= 11 is 0. The second-order valence-electron chi connectivity index (χ2n) is 5.38. The summed E-state index contributed by atoms with van der Waals surface area (Å²) in [4.78, 5) is 24.0. The van der Waals surface area contributed by atoms with Crippen LogP contribution in [0.2, 0.25) is 0 Å². The van der Waals surface area contributed by atoms with Gasteiger partial charge >= 0.3 is 5.97 Å². The summed E-state index contributed by atoms with van der Waals surface area (Å²) in [6.07, 6.45) is 1.88. The normalized spacial score (nSPS) is 11.7. The fourth-order valence-electron chi connectivity index (χ4n) is 2.15. The van der Waals surface area contributed by atoms with E-state index in [-0.39, 0.29) is 0 Å². The maximum absolute atomic E-state index is 12.0. The zero-order valence-corrected chi connectivity index (χ0v) is 14.9. The molecule has 0 aliphatic carbocycles. The predicted octanol–water partition coefficient (Wildman–Crippen LogP) is 3.29. The first-order chi connectivity index (χ1) is 12.5. The number of methoxy groups -OCH3 is 2. The number of anilines is 1. The van der Waals surface area contributed by atoms with Crippen molar-refractivity contribution in [1.29, 1.82) is 0 Å². The number of esters is 1. The molecule has 0 radical (unpaired) electrons. The summed E-state index contributed by atoms with van der Waals surface area (Å²) in [5, 5.41) is 2.68. The van der Waals surface area contributed by atoms with E-state index in [0.29, 0.717) is 22.7 Å². The van der Waals surface area contributed by atoms with Crippen molar-refractivity contribution in [3.05, 3.63) is 60.2 Å². The standard InChI is InChI=1S/C20H21NO5/c1-14(20(23)21-16-7-5-4-6-8-16)26-19(22)12-10-15-9-11-17(24-2)13-18(15)25-3/h4-14H,1-3H3,(H,21,23). The van der Waals surface area contributed by atoms with Crippen molar-refractivity contribution in [2.75, 3.05) is 19.5 Å². The third-order valence-electron chi connectivity index (χ3n) is 3.54. The maximum atomic E-state index is 12.0. The van der Waals surface area contributed by atoms with Crippen LogP contribution in [0.1, 0.15) is 12.5 Å². The van der Waals surface area contributed by atoms with E-state index in [1.54, 1.807) is 55.7 Å². The van der Waals surface area contributed by atoms with Gasteiger partial charge in [0.2, 0.25) is 0 Å². The monoisotopic (exact) mass is 355 g/mol. The highest BCUT2D eigenvalue weighted by Gasteiger charge is 2.16. The number of nitrogens with one attached hydrogen (secondary N) is 1. The molecule has 6 heteroatoms. The van der Waals surface area contributed by atoms with Gasteiger partial charge in [-0.1, -0.05) is 18.2 Å². The van der Waals surface area contributed by atoms with Crippen LogP contribution in [-0.2, 0) is 14.3 Å². The Morgan fingerprint density at radius 3 is 2.42 bits per heavy atom. The van der Waals surface area contributed by atoms with Gasteiger partial charge in [-0.2, -0.15) is 0 Å². The highest BCUT2D eigenvalue weighted by Crippen LogP contribution is 2.25. The van der Waals surface area contributed by atoms with Gasteiger partial charge in [-0.15, -0.1) is 0 Å². The molecule has 1 unspecified atom stereocenters. The van der Waals surface area contributed by atoms with Crippen LogP contribution in [0.15, 0.2) is 54.6 Å². The molecular formula is C20H21NO5. The first kappa shape index (κ1) is 19.1. The van der Waals surface area contributed by atoms with Crippen LogP contribution in [0.25, 0.3) is 6.08 Å². The molecule has 0 aliphatic heterocycles. The second kappa shape index (κ2) is 9.27. The minimum atomic E-state index is -0.926. The molecule has 0 saturated carbocycles. The molecule has 2 aromatic rings. The predicted molar refractivity (Wildman–Crippen MR) is 99.2 cm³/mol. The molecule has 0 aliphatic rings. The second-order valence-corrected chi connectivity index (χ2v) is 5.38. The SMILES string of the molecule is COc1ccc(C=CC(=O)OC(C)C(=O)Nc2ccccc2)c(OC)c1. The molecule has 0 saturated heterocycles. The molecule has 136 valence electrons. The number of amides is 1. The number of carbonyl (C=O) groups is 2. The van der Waals surface area contributed by atoms with E-state index < -0.39 is 18.0 Å². The smallest absolute Gasteiger partial charge is 0.331 e. The largest absolute Gasteiger partial charge is 0.497 e. The van der Waals surface area contributed by atoms with Crippen LogP contribution in [0.4, 0.5) is 5.69 Å². The van der Waals surface area contributed by atoms with Crippen molar-refractivity contribution >= 4 is 23.6 Å². The molecule has 0 fully saturated rings. The van der Waals surface area contributed by atoms with Crippen LogP contribution >= 0.6 is 0 Å². The van der Waals surface area contributed by atoms with Gasteiger partial charge in [0, 0.05) is 23.4 Å². The molecule has 0 aromatic heterocycles. The van der Waals surface area contributed by atoms with E-state index in [1.165, 1.54) is 20.1 Å². The number of benzene rings is 2. The van der Waals surface area contributed by atoms with Crippen molar-refractivity contribution in [3.63, 3.8) is 0 Å². The number of rotatable bonds is 7. The lowest BCUT2D eigenvalue weighted by atomic mass is 10.1. The van der Waals surface area contributed by atoms with Gasteiger partial charge in [-0.05, 0) is 37.3 Å². The quantitative estimate of drug-likeness (QED) is 0.609. The van der Waals surface area contributed by atoms with Gasteiger partial charge < -0.3 is 19.5 Å². The van der Waals surface area contributed by atoms with Crippen LogP contribution in [0, 0.1) is 0 Å². The van der Waals surface area contributed by atoms with Crippen LogP contribution in [-0.4, -0.2) is 32.2 Å². The van der Waals surface area contributed by atoms with Crippen molar-refractivity contribution in [3.8, 4) is 11.5 Å². The van der Waals surface area contributed by atoms with Crippen molar-refractivity contribution in [2.24, 2.45) is 0 Å². The van der Waals surface area contributed by atoms with Gasteiger partial charge in [-0.3, -0.25) is 4.79 Å². The Morgan fingerprint density at radius 1 is 1.04 bits per heavy atom. The Morgan fingerprint density at radius 2 is 1.77 bits per heavy atom. The molecular weight excluding hydrogens is 334 g/mol. The Labute approximate surface area is 152 Å². The Hall–Kier alpha value is -3.28. The molecule has 1 atom stereocenters. The average Bonchev–Trinajstić information content (AvgIpc) is 2.66. The number of carbonyl (C=O) groups excluding carboxylic acids is 2. The summed E-state index contributed by atoms with van der Waals surface area (Å²) in [7, 11) is 3.09. The number of hydrogen-bond donors (Lipinski definition) is 1. The van der Waals surface area contributed by atoms with Gasteiger partial charge in [0.05, 0.1) is 14.2 Å². The summed E-state index contributed by atoms with van der Waals surface area (Å²) in [6, 6.07) is 14.2. The minimum Gasteiger partial charge on any atom is -0.497 e. The highest BCUT2D eigenvalue weighted by atomic mass is 16.5. The molecule has 1 amide bonds. The highest BCUT2D eigenvalue weighted by molar-refractivity contribution is 5.96. The molecule has 0 heterocycles. The zero-order valence-electron chi connectivity index (χ0n) is 14.9. The van der Waals surface area contributed by atoms with E-state index >= 15 is 0 Å². The summed E-state index contributed by atoms with van der Waals surface area (Å²) in [6.45, 7) is 1.51. The molecule has 0 spiro atoms. The maximum Gasteiger partial charge on any atom is 0.331 e. The molecule has 2 rings (SSSR count). The summed E-state index contributed by atoms with van der Waals surface area (Å²) in [5.41, 5.74) is 1.32. The first-order valence-corrected chi connectivity index (χ1v) is 8.00. The average molecular weight is 355 g/mol. The number of hydrogen-bond acceptors (Lipinski definition) is 5. The Kier molecular flexibility index (Phi) is 6.79. The summed E-state index contributed by atoms with van der Waals surface area (Å²) in [5.74, 6) is 0.176. The van der Waals surface area contributed by atoms with Crippen molar-refractivity contribution < 1.29 is 23.8 Å². The van der Waals surface area contributed by atoms with Crippen molar-refractivity contribution in [2.45, 2.75) is 13.0 Å². The van der Waals surface area contributed by atoms with Gasteiger partial charge in [0.1, 0.15) is 11.5 Å². The van der Waals surface area contributed by atoms with Crippen LogP contribution < -0.4 is 14.8 Å². The molecule has 2 aromatic carbocycles. The van der Waals surface area contributed by atoms with Gasteiger partial charge in [0.15, 0.2) is 6.10 Å². The molecule has 0 bridgehead atoms. The number of ether oxygens (including phenoxy) is 3. The third kappa shape index (κ3) is 5.37. The molecule has 26 heavy (non-hydrogen) atoms. The van der Waals surface area contributed by atoms with E-state index in [4.69, 9.17) is 14.2 Å². The molecule has 6 nitrogen and oxygen atoms in total. The molecule has 1 N–H and O–H groups in total. The van der Waals surface area contributed by atoms with Crippen LogP contribution in [0.5, 0.6) is 11.5 Å². The fourth-order valence-corrected chi connectivity index (χ4v) is 2.15. The van der Waals surface area contributed by atoms with Gasteiger partial charge in [-0.25, -0.2) is 4.79 Å². The van der Waals surface area contributed by atoms with Crippen LogP contribution in [0.3, 0.4) is 0 Å². The lowest BCUT2D eigenvalue weighted by Gasteiger charge is -2.12. The fraction of sp³-hybridized carbons (Fsp3) is 0.200. The van der Waals surface area contributed by atoms with Crippen molar-refractivity contribution in [1.82, 2.24) is 0 Å². The first-order valence-electron chi connectivity index (χ1n) is 8.00. The lowest BCUT2D eigenvalue weighted by Crippen LogP contribution is -2.29. The van der Waals surface area contributed by atoms with E-state index in [2.05, 4.69) is 5.32 Å². The topological polar surface area (TPSA) is 73.9 Å². The number of para-hydroxylation sites is 1.